The highest BCUT2D eigenvalue weighted by Gasteiger charge is 2.27. The van der Waals surface area contributed by atoms with E-state index in [0.29, 0.717) is 11.4 Å². The van der Waals surface area contributed by atoms with Crippen molar-refractivity contribution in [1.29, 1.82) is 5.26 Å². The lowest BCUT2D eigenvalue weighted by atomic mass is 9.98. The quantitative estimate of drug-likeness (QED) is 0.670. The number of ether oxygens (including phenoxy) is 1. The minimum Gasteiger partial charge on any atom is -0.456 e. The first-order valence-corrected chi connectivity index (χ1v) is 10.5. The zero-order valence-electron chi connectivity index (χ0n) is 17.9. The van der Waals surface area contributed by atoms with Gasteiger partial charge in [-0.2, -0.15) is 5.26 Å². The molecule has 1 fully saturated rings. The number of hydrogen-bond acceptors (Lipinski definition) is 4. The molecule has 1 aliphatic carbocycles. The average molecular weight is 408 g/mol. The molecule has 30 heavy (non-hydrogen) atoms. The lowest BCUT2D eigenvalue weighted by Crippen LogP contribution is -2.24. The Kier molecular flexibility index (Phi) is 6.94. The van der Waals surface area contributed by atoms with E-state index < -0.39 is 11.9 Å². The fraction of sp³-hybridized carbons (Fsp3) is 0.458. The Morgan fingerprint density at radius 2 is 1.90 bits per heavy atom. The van der Waals surface area contributed by atoms with E-state index in [1.54, 1.807) is 0 Å². The van der Waals surface area contributed by atoms with E-state index in [1.165, 1.54) is 0 Å². The van der Waals surface area contributed by atoms with Gasteiger partial charge in [-0.25, -0.2) is 0 Å². The first kappa shape index (κ1) is 21.6. The predicted octanol–water partition coefficient (Wildman–Crippen LogP) is 4.77. The number of esters is 1. The number of carbonyl (C=O) groups is 2. The Labute approximate surface area is 177 Å². The molecule has 1 aromatic carbocycles. The molecular weight excluding hydrogens is 378 g/mol. The third kappa shape index (κ3) is 4.73. The number of rotatable bonds is 7. The third-order valence-electron chi connectivity index (χ3n) is 6.02. The number of anilines is 1. The first-order chi connectivity index (χ1) is 14.4. The van der Waals surface area contributed by atoms with E-state index in [9.17, 15) is 14.9 Å². The molecule has 2 aromatic rings. The van der Waals surface area contributed by atoms with Crippen LogP contribution in [0.1, 0.15) is 73.4 Å². The molecule has 3 rings (SSSR count). The molecule has 1 atom stereocenters. The fourth-order valence-corrected chi connectivity index (χ4v) is 4.23. The lowest BCUT2D eigenvalue weighted by molar-refractivity contribution is -0.147. The van der Waals surface area contributed by atoms with E-state index in [4.69, 9.17) is 4.74 Å². The second kappa shape index (κ2) is 9.62. The highest BCUT2D eigenvalue weighted by Crippen LogP contribution is 2.37. The van der Waals surface area contributed by atoms with Gasteiger partial charge in [-0.15, -0.1) is 0 Å². The molecule has 1 aromatic heterocycles. The second-order valence-corrected chi connectivity index (χ2v) is 8.08. The number of carbonyl (C=O) groups excluding carboxylic acids is 2. The van der Waals surface area contributed by atoms with E-state index in [2.05, 4.69) is 16.0 Å². The predicted molar refractivity (Wildman–Crippen MR) is 115 cm³/mol. The number of benzene rings is 1. The second-order valence-electron chi connectivity index (χ2n) is 8.08. The molecule has 0 bridgehead atoms. The Hall–Kier alpha value is -3.07. The van der Waals surface area contributed by atoms with Crippen molar-refractivity contribution in [2.24, 2.45) is 0 Å². The van der Waals surface area contributed by atoms with Crippen LogP contribution in [-0.4, -0.2) is 23.1 Å². The number of nitrogens with zero attached hydrogens (tertiary/aromatic N) is 2. The van der Waals surface area contributed by atoms with Crippen molar-refractivity contribution < 1.29 is 14.3 Å². The van der Waals surface area contributed by atoms with Gasteiger partial charge in [0.05, 0.1) is 12.0 Å². The number of aromatic nitrogens is 1. The summed E-state index contributed by atoms with van der Waals surface area (Å²) in [4.78, 5) is 24.7. The van der Waals surface area contributed by atoms with Gasteiger partial charge in [0.15, 0.2) is 6.61 Å². The van der Waals surface area contributed by atoms with Crippen LogP contribution in [0.4, 0.5) is 5.82 Å². The SMILES string of the molecule is Cc1c(C#N)c(NC(=O)COC(=O)C[C@H](C)c2ccccc2)n(C2CCCC2)c1C. The average Bonchev–Trinajstić information content (AvgIpc) is 3.34. The molecule has 1 amide bonds. The van der Waals surface area contributed by atoms with Crippen molar-refractivity contribution in [2.45, 2.75) is 64.8 Å². The number of hydrogen-bond donors (Lipinski definition) is 1. The van der Waals surface area contributed by atoms with Crippen LogP contribution in [0.2, 0.25) is 0 Å². The molecule has 0 saturated heterocycles. The van der Waals surface area contributed by atoms with Crippen molar-refractivity contribution in [2.75, 3.05) is 11.9 Å². The highest BCUT2D eigenvalue weighted by atomic mass is 16.5. The Morgan fingerprint density at radius 1 is 1.23 bits per heavy atom. The minimum absolute atomic E-state index is 0.0110. The molecule has 0 unspecified atom stereocenters. The van der Waals surface area contributed by atoms with Crippen molar-refractivity contribution in [3.05, 3.63) is 52.7 Å². The number of amides is 1. The van der Waals surface area contributed by atoms with E-state index >= 15 is 0 Å². The molecule has 6 heteroatoms. The third-order valence-corrected chi connectivity index (χ3v) is 6.02. The summed E-state index contributed by atoms with van der Waals surface area (Å²) in [6, 6.07) is 12.2. The van der Waals surface area contributed by atoms with Crippen molar-refractivity contribution >= 4 is 17.7 Å². The summed E-state index contributed by atoms with van der Waals surface area (Å²) in [7, 11) is 0. The Balaban J connectivity index is 1.63. The zero-order chi connectivity index (χ0) is 21.7. The summed E-state index contributed by atoms with van der Waals surface area (Å²) in [6.45, 7) is 5.48. The largest absolute Gasteiger partial charge is 0.456 e. The molecule has 1 aliphatic rings. The van der Waals surface area contributed by atoms with Crippen LogP contribution in [0.25, 0.3) is 0 Å². The van der Waals surface area contributed by atoms with Crippen molar-refractivity contribution in [3.8, 4) is 6.07 Å². The molecule has 6 nitrogen and oxygen atoms in total. The standard InChI is InChI=1S/C24H29N3O3/c1-16(19-9-5-4-6-10-19)13-23(29)30-15-22(28)26-24-21(14-25)17(2)18(3)27(24)20-11-7-8-12-20/h4-6,9-10,16,20H,7-8,11-13,15H2,1-3H3,(H,26,28)/t16-/m0/s1. The molecule has 1 heterocycles. The van der Waals surface area contributed by atoms with Crippen LogP contribution >= 0.6 is 0 Å². The maximum Gasteiger partial charge on any atom is 0.306 e. The van der Waals surface area contributed by atoms with Crippen LogP contribution in [0.3, 0.4) is 0 Å². The van der Waals surface area contributed by atoms with Crippen LogP contribution in [0.15, 0.2) is 30.3 Å². The molecule has 1 saturated carbocycles. The maximum atomic E-state index is 12.5. The van der Waals surface area contributed by atoms with Crippen LogP contribution in [0, 0.1) is 25.2 Å². The molecule has 0 aliphatic heterocycles. The lowest BCUT2D eigenvalue weighted by Gasteiger charge is -2.19. The summed E-state index contributed by atoms with van der Waals surface area (Å²) >= 11 is 0. The van der Waals surface area contributed by atoms with E-state index in [0.717, 1.165) is 42.5 Å². The monoisotopic (exact) mass is 407 g/mol. The van der Waals surface area contributed by atoms with Crippen molar-refractivity contribution in [1.82, 2.24) is 4.57 Å². The Morgan fingerprint density at radius 3 is 2.53 bits per heavy atom. The van der Waals surface area contributed by atoms with Crippen LogP contribution in [-0.2, 0) is 14.3 Å². The van der Waals surface area contributed by atoms with Gasteiger partial charge in [0.2, 0.25) is 0 Å². The number of nitrogens with one attached hydrogen (secondary N) is 1. The summed E-state index contributed by atoms with van der Waals surface area (Å²) < 4.78 is 7.28. The molecule has 0 radical (unpaired) electrons. The zero-order valence-corrected chi connectivity index (χ0v) is 17.9. The normalized spacial score (nSPS) is 14.9. The van der Waals surface area contributed by atoms with Gasteiger partial charge >= 0.3 is 5.97 Å². The van der Waals surface area contributed by atoms with E-state index in [1.807, 2.05) is 51.1 Å². The summed E-state index contributed by atoms with van der Waals surface area (Å²) in [5.41, 5.74) is 3.42. The van der Waals surface area contributed by atoms with Crippen LogP contribution < -0.4 is 5.32 Å². The fourth-order valence-electron chi connectivity index (χ4n) is 4.23. The summed E-state index contributed by atoms with van der Waals surface area (Å²) in [5.74, 6) is -0.306. The van der Waals surface area contributed by atoms with Gasteiger partial charge in [0.25, 0.3) is 5.91 Å². The Bertz CT molecular complexity index is 950. The number of nitriles is 1. The molecular formula is C24H29N3O3. The minimum atomic E-state index is -0.427. The van der Waals surface area contributed by atoms with Crippen molar-refractivity contribution in [3.63, 3.8) is 0 Å². The van der Waals surface area contributed by atoms with Crippen LogP contribution in [0.5, 0.6) is 0 Å². The topological polar surface area (TPSA) is 84.1 Å². The van der Waals surface area contributed by atoms with Gasteiger partial charge in [0.1, 0.15) is 11.9 Å². The van der Waals surface area contributed by atoms with Gasteiger partial charge in [-0.3, -0.25) is 9.59 Å². The van der Waals surface area contributed by atoms with Gasteiger partial charge in [-0.05, 0) is 43.7 Å². The first-order valence-electron chi connectivity index (χ1n) is 10.5. The maximum absolute atomic E-state index is 12.5. The molecule has 0 spiro atoms. The molecule has 158 valence electrons. The van der Waals surface area contributed by atoms with E-state index in [-0.39, 0.29) is 25.0 Å². The highest BCUT2D eigenvalue weighted by molar-refractivity contribution is 5.93. The summed E-state index contributed by atoms with van der Waals surface area (Å²) in [6.07, 6.45) is 4.57. The smallest absolute Gasteiger partial charge is 0.306 e. The van der Waals surface area contributed by atoms with Gasteiger partial charge < -0.3 is 14.6 Å². The molecule has 1 N–H and O–H groups in total. The van der Waals surface area contributed by atoms with Gasteiger partial charge in [0, 0.05) is 11.7 Å². The van der Waals surface area contributed by atoms with Gasteiger partial charge in [-0.1, -0.05) is 50.1 Å². The summed E-state index contributed by atoms with van der Waals surface area (Å²) in [5, 5.41) is 12.5.